The lowest BCUT2D eigenvalue weighted by atomic mass is 10.1. The third-order valence-corrected chi connectivity index (χ3v) is 3.47. The Labute approximate surface area is 147 Å². The summed E-state index contributed by atoms with van der Waals surface area (Å²) >= 11 is 0. The lowest BCUT2D eigenvalue weighted by Gasteiger charge is -2.11. The number of esters is 1. The first-order valence-corrected chi connectivity index (χ1v) is 8.05. The first kappa shape index (κ1) is 18.5. The van der Waals surface area contributed by atoms with Gasteiger partial charge in [0.25, 0.3) is 0 Å². The molecule has 0 aliphatic carbocycles. The third kappa shape index (κ3) is 5.35. The van der Waals surface area contributed by atoms with Crippen LogP contribution in [0.15, 0.2) is 42.5 Å². The van der Waals surface area contributed by atoms with E-state index in [1.807, 2.05) is 13.8 Å². The zero-order valence-corrected chi connectivity index (χ0v) is 14.7. The van der Waals surface area contributed by atoms with Gasteiger partial charge in [-0.25, -0.2) is 4.79 Å². The molecule has 0 amide bonds. The highest BCUT2D eigenvalue weighted by Gasteiger charge is 2.09. The van der Waals surface area contributed by atoms with Crippen LogP contribution in [0, 0.1) is 5.92 Å². The Morgan fingerprint density at radius 3 is 2.44 bits per heavy atom. The molecule has 0 saturated carbocycles. The second kappa shape index (κ2) is 8.87. The molecule has 0 N–H and O–H groups in total. The smallest absolute Gasteiger partial charge is 0.338 e. The maximum Gasteiger partial charge on any atom is 0.338 e. The van der Waals surface area contributed by atoms with E-state index in [1.54, 1.807) is 49.6 Å². The van der Waals surface area contributed by atoms with Crippen molar-refractivity contribution in [3.8, 4) is 11.5 Å². The fourth-order valence-electron chi connectivity index (χ4n) is 2.16. The lowest BCUT2D eigenvalue weighted by molar-refractivity contribution is 0.0459. The van der Waals surface area contributed by atoms with Crippen molar-refractivity contribution in [3.63, 3.8) is 0 Å². The van der Waals surface area contributed by atoms with E-state index in [1.165, 1.54) is 0 Å². The molecule has 0 radical (unpaired) electrons. The topological polar surface area (TPSA) is 61.8 Å². The summed E-state index contributed by atoms with van der Waals surface area (Å²) in [5.41, 5.74) is 1.81. The van der Waals surface area contributed by atoms with Crippen LogP contribution in [0.1, 0.15) is 40.1 Å². The molecule has 5 nitrogen and oxygen atoms in total. The highest BCUT2D eigenvalue weighted by Crippen LogP contribution is 2.22. The van der Waals surface area contributed by atoms with Gasteiger partial charge in [-0.2, -0.15) is 0 Å². The number of hydrogen-bond donors (Lipinski definition) is 0. The van der Waals surface area contributed by atoms with Crippen molar-refractivity contribution in [1.29, 1.82) is 0 Å². The van der Waals surface area contributed by atoms with Crippen molar-refractivity contribution in [2.75, 3.05) is 13.7 Å². The second-order valence-corrected chi connectivity index (χ2v) is 5.99. The van der Waals surface area contributed by atoms with Gasteiger partial charge >= 0.3 is 5.97 Å². The fraction of sp³-hybridized carbons (Fsp3) is 0.300. The Hall–Kier alpha value is -2.82. The fourth-order valence-corrected chi connectivity index (χ4v) is 2.16. The van der Waals surface area contributed by atoms with Crippen LogP contribution >= 0.6 is 0 Å². The first-order valence-electron chi connectivity index (χ1n) is 8.05. The zero-order valence-electron chi connectivity index (χ0n) is 14.7. The van der Waals surface area contributed by atoms with Crippen LogP contribution in [0.4, 0.5) is 0 Å². The third-order valence-electron chi connectivity index (χ3n) is 3.47. The van der Waals surface area contributed by atoms with E-state index < -0.39 is 0 Å². The molecule has 132 valence electrons. The van der Waals surface area contributed by atoms with Crippen LogP contribution < -0.4 is 9.47 Å². The number of carbonyl (C=O) groups is 2. The maximum atomic E-state index is 11.9. The van der Waals surface area contributed by atoms with Crippen LogP contribution in [0.25, 0.3) is 0 Å². The van der Waals surface area contributed by atoms with E-state index in [0.29, 0.717) is 35.2 Å². The molecule has 2 aromatic rings. The monoisotopic (exact) mass is 342 g/mol. The predicted molar refractivity (Wildman–Crippen MR) is 94.3 cm³/mol. The van der Waals surface area contributed by atoms with Gasteiger partial charge in [-0.15, -0.1) is 0 Å². The minimum Gasteiger partial charge on any atom is -0.496 e. The van der Waals surface area contributed by atoms with E-state index in [0.717, 1.165) is 11.8 Å². The molecular weight excluding hydrogens is 320 g/mol. The average molecular weight is 342 g/mol. The summed E-state index contributed by atoms with van der Waals surface area (Å²) < 4.78 is 16.2. The molecule has 0 heterocycles. The van der Waals surface area contributed by atoms with E-state index in [4.69, 9.17) is 14.2 Å². The van der Waals surface area contributed by atoms with Crippen LogP contribution in [0.5, 0.6) is 11.5 Å². The van der Waals surface area contributed by atoms with Crippen molar-refractivity contribution < 1.29 is 23.8 Å². The summed E-state index contributed by atoms with van der Waals surface area (Å²) in [6.45, 7) is 4.61. The van der Waals surface area contributed by atoms with E-state index in [-0.39, 0.29) is 12.6 Å². The molecule has 0 spiro atoms. The summed E-state index contributed by atoms with van der Waals surface area (Å²) in [5.74, 6) is 1.21. The summed E-state index contributed by atoms with van der Waals surface area (Å²) in [7, 11) is 1.57. The van der Waals surface area contributed by atoms with Gasteiger partial charge in [-0.3, -0.25) is 4.79 Å². The molecule has 25 heavy (non-hydrogen) atoms. The number of ether oxygens (including phenoxy) is 3. The van der Waals surface area contributed by atoms with E-state index in [2.05, 4.69) is 0 Å². The molecule has 0 aromatic heterocycles. The molecule has 5 heteroatoms. The molecule has 2 aromatic carbocycles. The minimum absolute atomic E-state index is 0.252. The number of methoxy groups -OCH3 is 1. The first-order chi connectivity index (χ1) is 12.0. The van der Waals surface area contributed by atoms with Crippen molar-refractivity contribution in [2.45, 2.75) is 20.5 Å². The van der Waals surface area contributed by atoms with Crippen molar-refractivity contribution in [2.24, 2.45) is 5.92 Å². The number of aldehydes is 1. The maximum absolute atomic E-state index is 11.9. The van der Waals surface area contributed by atoms with Crippen LogP contribution in [0.3, 0.4) is 0 Å². The Bertz CT molecular complexity index is 719. The second-order valence-electron chi connectivity index (χ2n) is 5.99. The molecule has 0 fully saturated rings. The van der Waals surface area contributed by atoms with Crippen LogP contribution in [-0.4, -0.2) is 26.0 Å². The van der Waals surface area contributed by atoms with Gasteiger partial charge in [0, 0.05) is 11.1 Å². The minimum atomic E-state index is -0.347. The summed E-state index contributed by atoms with van der Waals surface area (Å²) in [5, 5.41) is 0. The quantitative estimate of drug-likeness (QED) is 0.538. The molecule has 2 rings (SSSR count). The molecular formula is C20H22O5. The Morgan fingerprint density at radius 1 is 1.12 bits per heavy atom. The Balaban J connectivity index is 2.00. The summed E-state index contributed by atoms with van der Waals surface area (Å²) in [6.07, 6.45) is 0.778. The number of hydrogen-bond acceptors (Lipinski definition) is 5. The predicted octanol–water partition coefficient (Wildman–Crippen LogP) is 3.90. The Morgan fingerprint density at radius 2 is 1.84 bits per heavy atom. The lowest BCUT2D eigenvalue weighted by Crippen LogP contribution is -2.10. The van der Waals surface area contributed by atoms with E-state index in [9.17, 15) is 9.59 Å². The normalized spacial score (nSPS) is 10.4. The van der Waals surface area contributed by atoms with Crippen molar-refractivity contribution >= 4 is 12.3 Å². The molecule has 0 aliphatic heterocycles. The SMILES string of the molecule is COc1ccc(C=O)cc1COc1ccc(C(=O)OCC(C)C)cc1. The van der Waals surface area contributed by atoms with Crippen LogP contribution in [0.2, 0.25) is 0 Å². The molecule has 0 atom stereocenters. The van der Waals surface area contributed by atoms with Crippen molar-refractivity contribution in [1.82, 2.24) is 0 Å². The van der Waals surface area contributed by atoms with Gasteiger partial charge in [0.1, 0.15) is 24.4 Å². The van der Waals surface area contributed by atoms with Gasteiger partial charge in [-0.1, -0.05) is 13.8 Å². The van der Waals surface area contributed by atoms with Gasteiger partial charge in [-0.05, 0) is 48.4 Å². The number of carbonyl (C=O) groups excluding carboxylic acids is 2. The van der Waals surface area contributed by atoms with Gasteiger partial charge in [0.15, 0.2) is 0 Å². The van der Waals surface area contributed by atoms with Crippen molar-refractivity contribution in [3.05, 3.63) is 59.2 Å². The molecule has 0 saturated heterocycles. The van der Waals surface area contributed by atoms with Crippen LogP contribution in [-0.2, 0) is 11.3 Å². The molecule has 0 aliphatic rings. The summed E-state index contributed by atoms with van der Waals surface area (Å²) in [6, 6.07) is 11.9. The highest BCUT2D eigenvalue weighted by atomic mass is 16.5. The summed E-state index contributed by atoms with van der Waals surface area (Å²) in [4.78, 5) is 22.8. The molecule has 0 bridgehead atoms. The van der Waals surface area contributed by atoms with Gasteiger partial charge < -0.3 is 14.2 Å². The number of rotatable bonds is 8. The number of benzene rings is 2. The standard InChI is InChI=1S/C20H22O5/c1-14(2)12-25-20(22)16-5-7-18(8-6-16)24-13-17-10-15(11-21)4-9-19(17)23-3/h4-11,14H,12-13H2,1-3H3. The zero-order chi connectivity index (χ0) is 18.2. The van der Waals surface area contributed by atoms with Gasteiger partial charge in [0.05, 0.1) is 19.3 Å². The average Bonchev–Trinajstić information content (AvgIpc) is 2.64. The largest absolute Gasteiger partial charge is 0.496 e. The highest BCUT2D eigenvalue weighted by molar-refractivity contribution is 5.89. The molecule has 0 unspecified atom stereocenters. The van der Waals surface area contributed by atoms with Gasteiger partial charge in [0.2, 0.25) is 0 Å². The Kier molecular flexibility index (Phi) is 6.57. The van der Waals surface area contributed by atoms with E-state index >= 15 is 0 Å².